The van der Waals surface area contributed by atoms with Gasteiger partial charge in [0.1, 0.15) is 6.79 Å². The molecule has 4 aliphatic rings. The quantitative estimate of drug-likeness (QED) is 0.459. The van der Waals surface area contributed by atoms with Gasteiger partial charge in [-0.2, -0.15) is 0 Å². The summed E-state index contributed by atoms with van der Waals surface area (Å²) in [7, 11) is 0. The van der Waals surface area contributed by atoms with Gasteiger partial charge in [0.25, 0.3) is 0 Å². The van der Waals surface area contributed by atoms with E-state index in [1.165, 1.54) is 18.4 Å². The molecule has 0 spiro atoms. The zero-order valence-corrected chi connectivity index (χ0v) is 16.1. The summed E-state index contributed by atoms with van der Waals surface area (Å²) in [4.78, 5) is 0. The minimum Gasteiger partial charge on any atom is -0.393 e. The minimum absolute atomic E-state index is 0.140. The smallest absolute Gasteiger partial charge is 0.147 e. The fourth-order valence-electron chi connectivity index (χ4n) is 6.58. The highest BCUT2D eigenvalue weighted by Gasteiger charge is 2.63. The van der Waals surface area contributed by atoms with Crippen molar-refractivity contribution >= 4 is 0 Å². The van der Waals surface area contributed by atoms with E-state index in [-0.39, 0.29) is 22.5 Å². The van der Waals surface area contributed by atoms with E-state index in [9.17, 15) is 5.11 Å². The zero-order chi connectivity index (χ0) is 17.7. The second-order valence-electron chi connectivity index (χ2n) is 9.25. The van der Waals surface area contributed by atoms with Crippen molar-refractivity contribution in [1.82, 2.24) is 0 Å². The molecule has 3 nitrogen and oxygen atoms in total. The summed E-state index contributed by atoms with van der Waals surface area (Å²) >= 11 is 0. The van der Waals surface area contributed by atoms with Gasteiger partial charge < -0.3 is 14.6 Å². The summed E-state index contributed by atoms with van der Waals surface area (Å²) in [6.07, 6.45) is 14.7. The Bertz CT molecular complexity index is 582. The molecule has 0 aromatic heterocycles. The van der Waals surface area contributed by atoms with Crippen LogP contribution < -0.4 is 0 Å². The molecule has 0 aromatic rings. The molecule has 25 heavy (non-hydrogen) atoms. The lowest BCUT2D eigenvalue weighted by molar-refractivity contribution is -0.221. The van der Waals surface area contributed by atoms with Crippen molar-refractivity contribution in [2.45, 2.75) is 77.4 Å². The SMILES string of the molecule is CCOCO[C@]12C=CC[C@@]1(C)CC[C@H]1[C@H]2CC=C2C[C@@H](O)CC[C@@]21C. The Morgan fingerprint density at radius 2 is 2.04 bits per heavy atom. The lowest BCUT2D eigenvalue weighted by Gasteiger charge is -2.61. The van der Waals surface area contributed by atoms with Crippen molar-refractivity contribution in [3.05, 3.63) is 23.8 Å². The number of rotatable bonds is 4. The average Bonchev–Trinajstić information content (AvgIpc) is 2.93. The second kappa shape index (κ2) is 6.21. The van der Waals surface area contributed by atoms with E-state index in [1.54, 1.807) is 0 Å². The third kappa shape index (κ3) is 2.49. The summed E-state index contributed by atoms with van der Waals surface area (Å²) in [5.74, 6) is 1.17. The van der Waals surface area contributed by atoms with Crippen LogP contribution in [0.5, 0.6) is 0 Å². The summed E-state index contributed by atoms with van der Waals surface area (Å²) in [6, 6.07) is 0. The van der Waals surface area contributed by atoms with Gasteiger partial charge in [-0.25, -0.2) is 0 Å². The number of hydrogen-bond donors (Lipinski definition) is 1. The average molecular weight is 347 g/mol. The number of hydrogen-bond acceptors (Lipinski definition) is 3. The Balaban J connectivity index is 1.69. The van der Waals surface area contributed by atoms with Gasteiger partial charge in [0.2, 0.25) is 0 Å². The van der Waals surface area contributed by atoms with Crippen LogP contribution in [0.1, 0.15) is 65.7 Å². The largest absolute Gasteiger partial charge is 0.393 e. The molecule has 0 aliphatic heterocycles. The Morgan fingerprint density at radius 1 is 1.20 bits per heavy atom. The summed E-state index contributed by atoms with van der Waals surface area (Å²) in [5.41, 5.74) is 1.76. The highest BCUT2D eigenvalue weighted by molar-refractivity contribution is 5.31. The normalized spacial score (nSPS) is 48.5. The number of aliphatic hydroxyl groups is 1. The first-order valence-corrected chi connectivity index (χ1v) is 10.2. The first kappa shape index (κ1) is 17.8. The van der Waals surface area contributed by atoms with Crippen molar-refractivity contribution in [3.63, 3.8) is 0 Å². The summed E-state index contributed by atoms with van der Waals surface area (Å²) in [5, 5.41) is 10.2. The zero-order valence-electron chi connectivity index (χ0n) is 16.1. The molecular formula is C22H34O3. The van der Waals surface area contributed by atoms with E-state index in [1.807, 2.05) is 6.92 Å². The molecule has 0 heterocycles. The Labute approximate surface area is 152 Å². The van der Waals surface area contributed by atoms with Crippen LogP contribution in [-0.4, -0.2) is 30.2 Å². The Hall–Kier alpha value is -0.640. The highest BCUT2D eigenvalue weighted by Crippen LogP contribution is 2.66. The second-order valence-corrected chi connectivity index (χ2v) is 9.25. The van der Waals surface area contributed by atoms with E-state index in [4.69, 9.17) is 9.47 Å². The first-order chi connectivity index (χ1) is 12.0. The highest BCUT2D eigenvalue weighted by atomic mass is 16.7. The Morgan fingerprint density at radius 3 is 2.84 bits per heavy atom. The van der Waals surface area contributed by atoms with Crippen molar-refractivity contribution in [1.29, 1.82) is 0 Å². The molecule has 0 amide bonds. The molecule has 4 aliphatic carbocycles. The van der Waals surface area contributed by atoms with Crippen molar-refractivity contribution < 1.29 is 14.6 Å². The third-order valence-electron chi connectivity index (χ3n) is 8.13. The van der Waals surface area contributed by atoms with Crippen LogP contribution in [0.2, 0.25) is 0 Å². The van der Waals surface area contributed by atoms with E-state index >= 15 is 0 Å². The number of ether oxygens (including phenoxy) is 2. The molecule has 2 saturated carbocycles. The minimum atomic E-state index is -0.188. The fraction of sp³-hybridized carbons (Fsp3) is 0.818. The van der Waals surface area contributed by atoms with Crippen molar-refractivity contribution in [3.8, 4) is 0 Å². The predicted octanol–water partition coefficient (Wildman–Crippen LogP) is 4.61. The summed E-state index contributed by atoms with van der Waals surface area (Å²) < 4.78 is 12.2. The number of fused-ring (bicyclic) bond motifs is 5. The standard InChI is InChI=1S/C22H34O3/c1-4-24-15-25-22-11-5-10-20(22,2)12-9-18-19(22)7-6-16-14-17(23)8-13-21(16,18)3/h5-6,11,17-19,23H,4,7-10,12-15H2,1-3H3/t17-,18-,19+,20-,21-,22-/m0/s1. The Kier molecular flexibility index (Phi) is 4.41. The molecule has 3 heteroatoms. The molecule has 0 aromatic carbocycles. The monoisotopic (exact) mass is 346 g/mol. The van der Waals surface area contributed by atoms with E-state index in [2.05, 4.69) is 32.1 Å². The van der Waals surface area contributed by atoms with Gasteiger partial charge in [0.15, 0.2) is 0 Å². The van der Waals surface area contributed by atoms with Crippen LogP contribution in [0.15, 0.2) is 23.8 Å². The molecule has 6 atom stereocenters. The lowest BCUT2D eigenvalue weighted by Crippen LogP contribution is -2.60. The van der Waals surface area contributed by atoms with Gasteiger partial charge in [-0.1, -0.05) is 37.6 Å². The van der Waals surface area contributed by atoms with Crippen LogP contribution in [0.3, 0.4) is 0 Å². The van der Waals surface area contributed by atoms with E-state index < -0.39 is 0 Å². The number of allylic oxidation sites excluding steroid dienone is 2. The molecule has 2 fully saturated rings. The summed E-state index contributed by atoms with van der Waals surface area (Å²) in [6.45, 7) is 7.99. The number of aliphatic hydroxyl groups excluding tert-OH is 1. The maximum Gasteiger partial charge on any atom is 0.147 e. The van der Waals surface area contributed by atoms with Gasteiger partial charge in [-0.05, 0) is 69.1 Å². The maximum atomic E-state index is 10.2. The van der Waals surface area contributed by atoms with Crippen molar-refractivity contribution in [2.75, 3.05) is 13.4 Å². The van der Waals surface area contributed by atoms with Gasteiger partial charge in [-0.15, -0.1) is 0 Å². The molecule has 1 N–H and O–H groups in total. The third-order valence-corrected chi connectivity index (χ3v) is 8.13. The molecular weight excluding hydrogens is 312 g/mol. The van der Waals surface area contributed by atoms with Crippen molar-refractivity contribution in [2.24, 2.45) is 22.7 Å². The topological polar surface area (TPSA) is 38.7 Å². The van der Waals surface area contributed by atoms with E-state index in [0.717, 1.165) is 32.1 Å². The van der Waals surface area contributed by atoms with E-state index in [0.29, 0.717) is 25.2 Å². The molecule has 0 radical (unpaired) electrons. The van der Waals surface area contributed by atoms with Crippen LogP contribution in [-0.2, 0) is 9.47 Å². The van der Waals surface area contributed by atoms with Crippen LogP contribution in [0.4, 0.5) is 0 Å². The maximum absolute atomic E-state index is 10.2. The van der Waals surface area contributed by atoms with Gasteiger partial charge in [0, 0.05) is 12.0 Å². The van der Waals surface area contributed by atoms with Gasteiger partial charge in [0.05, 0.1) is 11.7 Å². The molecule has 0 bridgehead atoms. The van der Waals surface area contributed by atoms with Gasteiger partial charge >= 0.3 is 0 Å². The van der Waals surface area contributed by atoms with Crippen LogP contribution >= 0.6 is 0 Å². The fourth-order valence-corrected chi connectivity index (χ4v) is 6.58. The predicted molar refractivity (Wildman–Crippen MR) is 99.1 cm³/mol. The molecule has 140 valence electrons. The molecule has 4 rings (SSSR count). The molecule has 0 unspecified atom stereocenters. The lowest BCUT2D eigenvalue weighted by atomic mass is 9.46. The first-order valence-electron chi connectivity index (χ1n) is 10.2. The van der Waals surface area contributed by atoms with Crippen LogP contribution in [0, 0.1) is 22.7 Å². The molecule has 0 saturated heterocycles. The van der Waals surface area contributed by atoms with Gasteiger partial charge in [-0.3, -0.25) is 0 Å². The van der Waals surface area contributed by atoms with Crippen LogP contribution in [0.25, 0.3) is 0 Å².